The summed E-state index contributed by atoms with van der Waals surface area (Å²) in [4.78, 5) is 0. The number of hydrogen-bond acceptors (Lipinski definition) is 4. The van der Waals surface area contributed by atoms with Crippen molar-refractivity contribution in [2.45, 2.75) is 31.8 Å². The number of phenols is 1. The van der Waals surface area contributed by atoms with Crippen LogP contribution in [0.3, 0.4) is 0 Å². The Labute approximate surface area is 102 Å². The van der Waals surface area contributed by atoms with E-state index in [4.69, 9.17) is 5.73 Å². The first kappa shape index (κ1) is 12.2. The number of hydrogen-bond donors (Lipinski definition) is 4. The molecule has 1 heterocycles. The maximum absolute atomic E-state index is 9.82. The van der Waals surface area contributed by atoms with E-state index >= 15 is 0 Å². The van der Waals surface area contributed by atoms with Crippen molar-refractivity contribution in [1.29, 1.82) is 0 Å². The number of anilines is 1. The topological polar surface area (TPSA) is 70.3 Å². The largest absolute Gasteiger partial charge is 0.508 e. The molecule has 4 heteroatoms. The third-order valence-corrected chi connectivity index (χ3v) is 3.30. The van der Waals surface area contributed by atoms with Crippen LogP contribution in [0.15, 0.2) is 18.2 Å². The molecule has 0 aliphatic carbocycles. The summed E-state index contributed by atoms with van der Waals surface area (Å²) in [5, 5.41) is 16.7. The van der Waals surface area contributed by atoms with Crippen molar-refractivity contribution in [3.8, 4) is 5.75 Å². The minimum atomic E-state index is 0.114. The zero-order chi connectivity index (χ0) is 12.3. The number of phenolic OH excluding ortho intramolecular Hbond substituents is 1. The lowest BCUT2D eigenvalue weighted by atomic mass is 10.0. The van der Waals surface area contributed by atoms with Crippen molar-refractivity contribution in [3.05, 3.63) is 23.8 Å². The summed E-state index contributed by atoms with van der Waals surface area (Å²) < 4.78 is 0. The van der Waals surface area contributed by atoms with Gasteiger partial charge >= 0.3 is 0 Å². The quantitative estimate of drug-likeness (QED) is 0.472. The van der Waals surface area contributed by atoms with Gasteiger partial charge in [0, 0.05) is 29.9 Å². The molecule has 1 aliphatic rings. The van der Waals surface area contributed by atoms with Crippen LogP contribution in [0.2, 0.25) is 0 Å². The third kappa shape index (κ3) is 3.11. The monoisotopic (exact) mass is 235 g/mol. The predicted octanol–water partition coefficient (Wildman–Crippen LogP) is 1.38. The standard InChI is InChI=1S/C13H21N3O/c1-9(16-11-3-2-6-15-8-11)12-7-10(14)4-5-13(12)17/h4-5,7,9,11,15-17H,2-3,6,8,14H2,1H3. The molecule has 2 unspecified atom stereocenters. The molecule has 0 spiro atoms. The van der Waals surface area contributed by atoms with Crippen LogP contribution >= 0.6 is 0 Å². The molecule has 1 fully saturated rings. The van der Waals surface area contributed by atoms with Gasteiger partial charge in [0.2, 0.25) is 0 Å². The molecule has 1 aliphatic heterocycles. The SMILES string of the molecule is CC(NC1CCCNC1)c1cc(N)ccc1O. The van der Waals surface area contributed by atoms with E-state index in [1.165, 1.54) is 12.8 Å². The van der Waals surface area contributed by atoms with Gasteiger partial charge in [-0.3, -0.25) is 0 Å². The van der Waals surface area contributed by atoms with E-state index in [2.05, 4.69) is 17.6 Å². The van der Waals surface area contributed by atoms with Crippen LogP contribution in [0.25, 0.3) is 0 Å². The summed E-state index contributed by atoms with van der Waals surface area (Å²) in [6.07, 6.45) is 2.38. The lowest BCUT2D eigenvalue weighted by molar-refractivity contribution is 0.356. The summed E-state index contributed by atoms with van der Waals surface area (Å²) in [6, 6.07) is 5.79. The maximum Gasteiger partial charge on any atom is 0.120 e. The summed E-state index contributed by atoms with van der Waals surface area (Å²) in [5.41, 5.74) is 7.31. The average Bonchev–Trinajstić information content (AvgIpc) is 2.33. The molecule has 0 bridgehead atoms. The Kier molecular flexibility index (Phi) is 3.86. The van der Waals surface area contributed by atoms with Gasteiger partial charge in [-0.05, 0) is 44.5 Å². The third-order valence-electron chi connectivity index (χ3n) is 3.30. The Morgan fingerprint density at radius 1 is 1.53 bits per heavy atom. The Hall–Kier alpha value is -1.26. The molecule has 4 nitrogen and oxygen atoms in total. The fourth-order valence-electron chi connectivity index (χ4n) is 2.36. The zero-order valence-electron chi connectivity index (χ0n) is 10.2. The van der Waals surface area contributed by atoms with Crippen LogP contribution in [0.1, 0.15) is 31.4 Å². The first-order chi connectivity index (χ1) is 8.16. The molecule has 1 aromatic carbocycles. The second-order valence-corrected chi connectivity index (χ2v) is 4.75. The molecule has 2 rings (SSSR count). The van der Waals surface area contributed by atoms with E-state index in [9.17, 15) is 5.11 Å². The fraction of sp³-hybridized carbons (Fsp3) is 0.538. The summed E-state index contributed by atoms with van der Waals surface area (Å²) >= 11 is 0. The zero-order valence-corrected chi connectivity index (χ0v) is 10.2. The first-order valence-electron chi connectivity index (χ1n) is 6.22. The van der Waals surface area contributed by atoms with Gasteiger partial charge < -0.3 is 21.5 Å². The molecular weight excluding hydrogens is 214 g/mol. The molecular formula is C13H21N3O. The van der Waals surface area contributed by atoms with Crippen molar-refractivity contribution >= 4 is 5.69 Å². The normalized spacial score (nSPS) is 22.3. The molecule has 2 atom stereocenters. The van der Waals surface area contributed by atoms with E-state index in [1.807, 2.05) is 6.07 Å². The highest BCUT2D eigenvalue weighted by Crippen LogP contribution is 2.26. The molecule has 5 N–H and O–H groups in total. The summed E-state index contributed by atoms with van der Waals surface area (Å²) in [7, 11) is 0. The number of aromatic hydroxyl groups is 1. The van der Waals surface area contributed by atoms with Gasteiger partial charge in [0.15, 0.2) is 0 Å². The van der Waals surface area contributed by atoms with Gasteiger partial charge in [0.25, 0.3) is 0 Å². The molecule has 94 valence electrons. The van der Waals surface area contributed by atoms with Crippen LogP contribution in [0.4, 0.5) is 5.69 Å². The number of nitrogens with two attached hydrogens (primary N) is 1. The van der Waals surface area contributed by atoms with E-state index in [0.717, 1.165) is 18.7 Å². The van der Waals surface area contributed by atoms with Crippen LogP contribution < -0.4 is 16.4 Å². The van der Waals surface area contributed by atoms with Crippen molar-refractivity contribution in [2.24, 2.45) is 0 Å². The smallest absolute Gasteiger partial charge is 0.120 e. The Balaban J connectivity index is 2.02. The maximum atomic E-state index is 9.82. The number of benzene rings is 1. The van der Waals surface area contributed by atoms with Crippen molar-refractivity contribution in [2.75, 3.05) is 18.8 Å². The average molecular weight is 235 g/mol. The van der Waals surface area contributed by atoms with Gasteiger partial charge in [0.1, 0.15) is 5.75 Å². The first-order valence-corrected chi connectivity index (χ1v) is 6.22. The van der Waals surface area contributed by atoms with E-state index in [1.54, 1.807) is 12.1 Å². The fourth-order valence-corrected chi connectivity index (χ4v) is 2.36. The van der Waals surface area contributed by atoms with E-state index in [-0.39, 0.29) is 6.04 Å². The highest BCUT2D eigenvalue weighted by atomic mass is 16.3. The molecule has 1 saturated heterocycles. The molecule has 0 radical (unpaired) electrons. The minimum Gasteiger partial charge on any atom is -0.508 e. The number of nitrogens with one attached hydrogen (secondary N) is 2. The number of rotatable bonds is 3. The van der Waals surface area contributed by atoms with Crippen molar-refractivity contribution < 1.29 is 5.11 Å². The molecule has 0 aromatic heterocycles. The molecule has 17 heavy (non-hydrogen) atoms. The van der Waals surface area contributed by atoms with Gasteiger partial charge in [-0.1, -0.05) is 0 Å². The molecule has 0 saturated carbocycles. The van der Waals surface area contributed by atoms with Crippen LogP contribution in [-0.2, 0) is 0 Å². The van der Waals surface area contributed by atoms with E-state index in [0.29, 0.717) is 17.5 Å². The van der Waals surface area contributed by atoms with Gasteiger partial charge in [-0.15, -0.1) is 0 Å². The van der Waals surface area contributed by atoms with Gasteiger partial charge in [-0.2, -0.15) is 0 Å². The molecule has 1 aromatic rings. The van der Waals surface area contributed by atoms with Crippen LogP contribution in [-0.4, -0.2) is 24.2 Å². The number of nitrogen functional groups attached to an aromatic ring is 1. The van der Waals surface area contributed by atoms with Crippen LogP contribution in [0, 0.1) is 0 Å². The Morgan fingerprint density at radius 3 is 3.06 bits per heavy atom. The number of piperidine rings is 1. The summed E-state index contributed by atoms with van der Waals surface area (Å²) in [5.74, 6) is 0.308. The second-order valence-electron chi connectivity index (χ2n) is 4.75. The van der Waals surface area contributed by atoms with Gasteiger partial charge in [-0.25, -0.2) is 0 Å². The lowest BCUT2D eigenvalue weighted by Gasteiger charge is -2.27. The Morgan fingerprint density at radius 2 is 2.35 bits per heavy atom. The second kappa shape index (κ2) is 5.38. The Bertz CT molecular complexity index is 375. The molecule has 0 amide bonds. The van der Waals surface area contributed by atoms with E-state index < -0.39 is 0 Å². The van der Waals surface area contributed by atoms with Crippen molar-refractivity contribution in [3.63, 3.8) is 0 Å². The van der Waals surface area contributed by atoms with Crippen LogP contribution in [0.5, 0.6) is 5.75 Å². The minimum absolute atomic E-state index is 0.114. The lowest BCUT2D eigenvalue weighted by Crippen LogP contribution is -2.43. The summed E-state index contributed by atoms with van der Waals surface area (Å²) in [6.45, 7) is 4.16. The highest BCUT2D eigenvalue weighted by molar-refractivity contribution is 5.48. The van der Waals surface area contributed by atoms with Gasteiger partial charge in [0.05, 0.1) is 0 Å². The highest BCUT2D eigenvalue weighted by Gasteiger charge is 2.17. The predicted molar refractivity (Wildman–Crippen MR) is 70.0 cm³/mol. The van der Waals surface area contributed by atoms with Crippen molar-refractivity contribution in [1.82, 2.24) is 10.6 Å².